The quantitative estimate of drug-likeness (QED) is 0.638. The molecular formula is C10H16N2O. The number of nitrogens with zero attached hydrogens (tertiary/aromatic N) is 1. The Balaban J connectivity index is 2.04. The highest BCUT2D eigenvalue weighted by molar-refractivity contribution is 5.19. The molecule has 0 aromatic rings. The lowest BCUT2D eigenvalue weighted by atomic mass is 9.99. The molecule has 1 heterocycles. The third kappa shape index (κ3) is 1.82. The van der Waals surface area contributed by atoms with Crippen LogP contribution < -0.4 is 5.73 Å². The third-order valence-electron chi connectivity index (χ3n) is 2.68. The van der Waals surface area contributed by atoms with Crippen LogP contribution in [0.1, 0.15) is 6.42 Å². The van der Waals surface area contributed by atoms with Gasteiger partial charge in [-0.15, -0.1) is 0 Å². The molecule has 2 aliphatic rings. The first-order chi connectivity index (χ1) is 6.31. The summed E-state index contributed by atoms with van der Waals surface area (Å²) in [7, 11) is 0. The van der Waals surface area contributed by atoms with Crippen molar-refractivity contribution in [2.24, 2.45) is 5.73 Å². The fourth-order valence-corrected chi connectivity index (χ4v) is 1.84. The largest absolute Gasteiger partial charge is 0.379 e. The maximum absolute atomic E-state index is 6.27. The van der Waals surface area contributed by atoms with Crippen LogP contribution in [0.2, 0.25) is 0 Å². The Bertz CT molecular complexity index is 231. The number of nitrogens with two attached hydrogens (primary N) is 1. The van der Waals surface area contributed by atoms with Crippen molar-refractivity contribution >= 4 is 0 Å². The van der Waals surface area contributed by atoms with E-state index in [2.05, 4.69) is 17.1 Å². The molecule has 72 valence electrons. The average Bonchev–Trinajstić information content (AvgIpc) is 2.20. The molecule has 1 saturated heterocycles. The second-order valence-corrected chi connectivity index (χ2v) is 3.58. The molecule has 1 aliphatic carbocycles. The van der Waals surface area contributed by atoms with Gasteiger partial charge in [0.2, 0.25) is 0 Å². The first-order valence-corrected chi connectivity index (χ1v) is 4.77. The molecule has 3 heteroatoms. The first kappa shape index (κ1) is 8.94. The second kappa shape index (κ2) is 3.62. The summed E-state index contributed by atoms with van der Waals surface area (Å²) >= 11 is 0. The van der Waals surface area contributed by atoms with Crippen molar-refractivity contribution < 1.29 is 4.74 Å². The van der Waals surface area contributed by atoms with Crippen molar-refractivity contribution in [3.8, 4) is 0 Å². The van der Waals surface area contributed by atoms with Crippen LogP contribution in [0.3, 0.4) is 0 Å². The number of allylic oxidation sites excluding steroid dienone is 2. The van der Waals surface area contributed by atoms with Crippen LogP contribution in [0.15, 0.2) is 24.3 Å². The molecule has 1 unspecified atom stereocenters. The maximum atomic E-state index is 6.27. The SMILES string of the molecule is NC1(N2CCOCC2)C=CC=CC1. The van der Waals surface area contributed by atoms with E-state index >= 15 is 0 Å². The molecule has 1 fully saturated rings. The van der Waals surface area contributed by atoms with E-state index in [0.29, 0.717) is 0 Å². The van der Waals surface area contributed by atoms with Gasteiger partial charge in [0, 0.05) is 19.5 Å². The van der Waals surface area contributed by atoms with Gasteiger partial charge in [-0.2, -0.15) is 0 Å². The minimum Gasteiger partial charge on any atom is -0.379 e. The lowest BCUT2D eigenvalue weighted by Gasteiger charge is -2.41. The van der Waals surface area contributed by atoms with Gasteiger partial charge < -0.3 is 10.5 Å². The van der Waals surface area contributed by atoms with Gasteiger partial charge in [-0.05, 0) is 6.08 Å². The number of rotatable bonds is 1. The van der Waals surface area contributed by atoms with E-state index in [1.165, 1.54) is 0 Å². The van der Waals surface area contributed by atoms with Gasteiger partial charge in [0.25, 0.3) is 0 Å². The van der Waals surface area contributed by atoms with Crippen molar-refractivity contribution in [1.29, 1.82) is 0 Å². The van der Waals surface area contributed by atoms with E-state index in [-0.39, 0.29) is 5.66 Å². The molecule has 0 bridgehead atoms. The third-order valence-corrected chi connectivity index (χ3v) is 2.68. The van der Waals surface area contributed by atoms with Gasteiger partial charge in [-0.25, -0.2) is 0 Å². The molecular weight excluding hydrogens is 164 g/mol. The van der Waals surface area contributed by atoms with E-state index in [1.807, 2.05) is 12.2 Å². The van der Waals surface area contributed by atoms with Crippen LogP contribution in [0.5, 0.6) is 0 Å². The monoisotopic (exact) mass is 180 g/mol. The van der Waals surface area contributed by atoms with E-state index < -0.39 is 0 Å². The summed E-state index contributed by atoms with van der Waals surface area (Å²) in [6.07, 6.45) is 9.18. The van der Waals surface area contributed by atoms with Gasteiger partial charge in [-0.3, -0.25) is 4.90 Å². The van der Waals surface area contributed by atoms with Gasteiger partial charge in [-0.1, -0.05) is 18.2 Å². The van der Waals surface area contributed by atoms with Crippen molar-refractivity contribution in [3.63, 3.8) is 0 Å². The zero-order valence-electron chi connectivity index (χ0n) is 7.78. The number of hydrogen-bond donors (Lipinski definition) is 1. The van der Waals surface area contributed by atoms with Crippen LogP contribution >= 0.6 is 0 Å². The molecule has 2 N–H and O–H groups in total. The molecule has 0 amide bonds. The zero-order valence-corrected chi connectivity index (χ0v) is 7.78. The molecule has 0 aromatic heterocycles. The normalized spacial score (nSPS) is 35.2. The van der Waals surface area contributed by atoms with Gasteiger partial charge >= 0.3 is 0 Å². The standard InChI is InChI=1S/C10H16N2O/c11-10(4-2-1-3-5-10)12-6-8-13-9-7-12/h1-4H,5-9,11H2. The zero-order chi connectivity index (χ0) is 9.15. The highest BCUT2D eigenvalue weighted by atomic mass is 16.5. The van der Waals surface area contributed by atoms with Gasteiger partial charge in [0.05, 0.1) is 18.9 Å². The Kier molecular flexibility index (Phi) is 2.49. The maximum Gasteiger partial charge on any atom is 0.0918 e. The average molecular weight is 180 g/mol. The van der Waals surface area contributed by atoms with E-state index in [4.69, 9.17) is 10.5 Å². The van der Waals surface area contributed by atoms with Gasteiger partial charge in [0.1, 0.15) is 0 Å². The summed E-state index contributed by atoms with van der Waals surface area (Å²) in [6, 6.07) is 0. The fourth-order valence-electron chi connectivity index (χ4n) is 1.84. The second-order valence-electron chi connectivity index (χ2n) is 3.58. The molecule has 0 spiro atoms. The van der Waals surface area contributed by atoms with Crippen LogP contribution in [0.25, 0.3) is 0 Å². The predicted molar refractivity (Wildman–Crippen MR) is 52.2 cm³/mol. The molecule has 0 aromatic carbocycles. The van der Waals surface area contributed by atoms with Crippen molar-refractivity contribution in [1.82, 2.24) is 4.90 Å². The summed E-state index contributed by atoms with van der Waals surface area (Å²) in [5, 5.41) is 0. The first-order valence-electron chi connectivity index (χ1n) is 4.77. The summed E-state index contributed by atoms with van der Waals surface area (Å²) in [5.41, 5.74) is 6.00. The van der Waals surface area contributed by atoms with Crippen LogP contribution in [0, 0.1) is 0 Å². The number of ether oxygens (including phenoxy) is 1. The molecule has 0 radical (unpaired) electrons. The van der Waals surface area contributed by atoms with E-state index in [0.717, 1.165) is 32.7 Å². The number of hydrogen-bond acceptors (Lipinski definition) is 3. The Labute approximate surface area is 78.8 Å². The minimum atomic E-state index is -0.265. The smallest absolute Gasteiger partial charge is 0.0918 e. The van der Waals surface area contributed by atoms with E-state index in [1.54, 1.807) is 0 Å². The van der Waals surface area contributed by atoms with Crippen molar-refractivity contribution in [3.05, 3.63) is 24.3 Å². The van der Waals surface area contributed by atoms with Crippen molar-refractivity contribution in [2.75, 3.05) is 26.3 Å². The predicted octanol–water partition coefficient (Wildman–Crippen LogP) is 0.490. The molecule has 0 saturated carbocycles. The van der Waals surface area contributed by atoms with E-state index in [9.17, 15) is 0 Å². The Morgan fingerprint density at radius 1 is 1.23 bits per heavy atom. The molecule has 1 atom stereocenters. The molecule has 1 aliphatic heterocycles. The summed E-state index contributed by atoms with van der Waals surface area (Å²) in [6.45, 7) is 3.48. The highest BCUT2D eigenvalue weighted by Crippen LogP contribution is 2.20. The Morgan fingerprint density at radius 3 is 2.62 bits per heavy atom. The lowest BCUT2D eigenvalue weighted by Crippen LogP contribution is -2.58. The summed E-state index contributed by atoms with van der Waals surface area (Å²) in [5.74, 6) is 0. The Hall–Kier alpha value is -0.640. The van der Waals surface area contributed by atoms with Crippen molar-refractivity contribution in [2.45, 2.75) is 12.1 Å². The fraction of sp³-hybridized carbons (Fsp3) is 0.600. The molecule has 13 heavy (non-hydrogen) atoms. The van der Waals surface area contributed by atoms with Crippen LogP contribution in [-0.4, -0.2) is 36.9 Å². The summed E-state index contributed by atoms with van der Waals surface area (Å²) in [4.78, 5) is 2.29. The van der Waals surface area contributed by atoms with Gasteiger partial charge in [0.15, 0.2) is 0 Å². The highest BCUT2D eigenvalue weighted by Gasteiger charge is 2.30. The lowest BCUT2D eigenvalue weighted by molar-refractivity contribution is -0.00371. The number of morpholine rings is 1. The minimum absolute atomic E-state index is 0.265. The van der Waals surface area contributed by atoms with Crippen LogP contribution in [0.4, 0.5) is 0 Å². The summed E-state index contributed by atoms with van der Waals surface area (Å²) < 4.78 is 5.30. The topological polar surface area (TPSA) is 38.5 Å². The Morgan fingerprint density at radius 2 is 2.00 bits per heavy atom. The molecule has 3 nitrogen and oxygen atoms in total. The van der Waals surface area contributed by atoms with Crippen LogP contribution in [-0.2, 0) is 4.74 Å². The molecule has 2 rings (SSSR count).